The lowest BCUT2D eigenvalue weighted by molar-refractivity contribution is -0.138. The number of nitrogens with one attached hydrogen (secondary N) is 2. The molecule has 1 aliphatic carbocycles. The van der Waals surface area contributed by atoms with E-state index < -0.39 is 0 Å². The summed E-state index contributed by atoms with van der Waals surface area (Å²) in [7, 11) is 3.69. The molecular weight excluding hydrogens is 352 g/mol. The summed E-state index contributed by atoms with van der Waals surface area (Å²) in [5.74, 6) is 1.85. The van der Waals surface area contributed by atoms with Crippen molar-refractivity contribution < 1.29 is 9.53 Å². The number of ether oxygens (including phenoxy) is 1. The Morgan fingerprint density at radius 3 is 2.61 bits per heavy atom. The number of nitrogens with zero attached hydrogens (tertiary/aromatic N) is 2. The first kappa shape index (κ1) is 22.1. The monoisotopic (exact) mass is 388 g/mol. The van der Waals surface area contributed by atoms with Gasteiger partial charge < -0.3 is 20.3 Å². The Labute approximate surface area is 169 Å². The first-order valence-corrected chi connectivity index (χ1v) is 10.5. The summed E-state index contributed by atoms with van der Waals surface area (Å²) in [5.41, 5.74) is 0.791. The van der Waals surface area contributed by atoms with Gasteiger partial charge in [-0.2, -0.15) is 0 Å². The summed E-state index contributed by atoms with van der Waals surface area (Å²) in [5, 5.41) is 6.71. The maximum absolute atomic E-state index is 12.8. The molecule has 1 aromatic carbocycles. The number of rotatable bonds is 9. The van der Waals surface area contributed by atoms with Crippen LogP contribution < -0.4 is 15.4 Å². The number of guanidine groups is 1. The highest BCUT2D eigenvalue weighted by atomic mass is 16.5. The molecule has 6 nitrogen and oxygen atoms in total. The molecule has 28 heavy (non-hydrogen) atoms. The zero-order chi connectivity index (χ0) is 20.4. The number of carbonyl (C=O) groups is 1. The summed E-state index contributed by atoms with van der Waals surface area (Å²) in [6, 6.07) is 8.07. The van der Waals surface area contributed by atoms with Crippen LogP contribution in [0.3, 0.4) is 0 Å². The molecule has 0 bridgehead atoms. The van der Waals surface area contributed by atoms with E-state index >= 15 is 0 Å². The van der Waals surface area contributed by atoms with Crippen LogP contribution >= 0.6 is 0 Å². The molecule has 0 atom stereocenters. The van der Waals surface area contributed by atoms with Gasteiger partial charge in [-0.25, -0.2) is 4.99 Å². The molecule has 0 aromatic heterocycles. The van der Waals surface area contributed by atoms with E-state index in [9.17, 15) is 4.79 Å². The van der Waals surface area contributed by atoms with E-state index in [1.807, 2.05) is 39.2 Å². The minimum absolute atomic E-state index is 0.217. The van der Waals surface area contributed by atoms with Crippen LogP contribution in [0, 0.1) is 5.41 Å². The van der Waals surface area contributed by atoms with E-state index in [4.69, 9.17) is 9.73 Å². The fourth-order valence-corrected chi connectivity index (χ4v) is 3.71. The Hall–Kier alpha value is -2.24. The molecule has 1 fully saturated rings. The van der Waals surface area contributed by atoms with Crippen molar-refractivity contribution in [2.24, 2.45) is 10.4 Å². The second kappa shape index (κ2) is 10.9. The van der Waals surface area contributed by atoms with Crippen molar-refractivity contribution in [3.05, 3.63) is 29.8 Å². The van der Waals surface area contributed by atoms with Gasteiger partial charge in [0.15, 0.2) is 5.96 Å². The van der Waals surface area contributed by atoms with E-state index in [-0.39, 0.29) is 11.3 Å². The average Bonchev–Trinajstić information content (AvgIpc) is 3.18. The lowest BCUT2D eigenvalue weighted by Gasteiger charge is -2.31. The number of hydrogen-bond acceptors (Lipinski definition) is 3. The molecule has 0 radical (unpaired) electrons. The van der Waals surface area contributed by atoms with E-state index in [1.54, 1.807) is 4.90 Å². The van der Waals surface area contributed by atoms with Gasteiger partial charge in [0, 0.05) is 27.2 Å². The van der Waals surface area contributed by atoms with Crippen molar-refractivity contribution in [2.75, 3.05) is 33.8 Å². The van der Waals surface area contributed by atoms with Gasteiger partial charge in [0.05, 0.1) is 18.6 Å². The van der Waals surface area contributed by atoms with Gasteiger partial charge in [-0.3, -0.25) is 4.79 Å². The molecule has 2 rings (SSSR count). The van der Waals surface area contributed by atoms with Gasteiger partial charge in [0.1, 0.15) is 5.75 Å². The molecule has 0 aliphatic heterocycles. The van der Waals surface area contributed by atoms with Gasteiger partial charge in [0.2, 0.25) is 5.91 Å². The molecule has 0 heterocycles. The Morgan fingerprint density at radius 1 is 1.21 bits per heavy atom. The van der Waals surface area contributed by atoms with Gasteiger partial charge in [-0.05, 0) is 43.9 Å². The van der Waals surface area contributed by atoms with Crippen LogP contribution in [0.15, 0.2) is 29.3 Å². The summed E-state index contributed by atoms with van der Waals surface area (Å²) in [6.45, 7) is 6.83. The SMILES string of the molecule is CCCOc1cccc(CN=C(NCC)NCC2(C(=O)N(C)C)CCCC2)c1. The van der Waals surface area contributed by atoms with Gasteiger partial charge in [0.25, 0.3) is 0 Å². The third kappa shape index (κ3) is 6.14. The number of hydrogen-bond donors (Lipinski definition) is 2. The quantitative estimate of drug-likeness (QED) is 0.504. The second-order valence-corrected chi connectivity index (χ2v) is 7.73. The van der Waals surface area contributed by atoms with Crippen molar-refractivity contribution in [2.45, 2.75) is 52.5 Å². The fraction of sp³-hybridized carbons (Fsp3) is 0.636. The summed E-state index contributed by atoms with van der Waals surface area (Å²) >= 11 is 0. The van der Waals surface area contributed by atoms with E-state index in [2.05, 4.69) is 23.6 Å². The van der Waals surface area contributed by atoms with E-state index in [0.29, 0.717) is 13.1 Å². The minimum atomic E-state index is -0.312. The summed E-state index contributed by atoms with van der Waals surface area (Å²) in [4.78, 5) is 19.2. The van der Waals surface area contributed by atoms with Crippen LogP contribution in [-0.2, 0) is 11.3 Å². The van der Waals surface area contributed by atoms with Crippen molar-refractivity contribution in [3.63, 3.8) is 0 Å². The Balaban J connectivity index is 2.03. The molecule has 0 saturated heterocycles. The Kier molecular flexibility index (Phi) is 8.61. The van der Waals surface area contributed by atoms with Crippen LogP contribution in [0.5, 0.6) is 5.75 Å². The van der Waals surface area contributed by atoms with E-state index in [1.165, 1.54) is 0 Å². The zero-order valence-corrected chi connectivity index (χ0v) is 17.9. The van der Waals surface area contributed by atoms with Gasteiger partial charge in [-0.1, -0.05) is 31.9 Å². The van der Waals surface area contributed by atoms with Crippen LogP contribution in [0.25, 0.3) is 0 Å². The fourth-order valence-electron chi connectivity index (χ4n) is 3.71. The highest BCUT2D eigenvalue weighted by Gasteiger charge is 2.42. The third-order valence-corrected chi connectivity index (χ3v) is 5.15. The van der Waals surface area contributed by atoms with Gasteiger partial charge >= 0.3 is 0 Å². The molecule has 6 heteroatoms. The highest BCUT2D eigenvalue weighted by molar-refractivity contribution is 5.85. The number of aliphatic imine (C=N–C) groups is 1. The number of carbonyl (C=O) groups excluding carboxylic acids is 1. The number of benzene rings is 1. The normalized spacial score (nSPS) is 15.9. The molecule has 0 spiro atoms. The third-order valence-electron chi connectivity index (χ3n) is 5.15. The standard InChI is InChI=1S/C22H36N4O2/c1-5-14-28-19-11-9-10-18(15-19)16-24-21(23-6-2)25-17-22(12-7-8-13-22)20(27)26(3)4/h9-11,15H,5-8,12-14,16-17H2,1-4H3,(H2,23,24,25). The molecule has 1 aliphatic rings. The van der Waals surface area contributed by atoms with Crippen molar-refractivity contribution in [1.82, 2.24) is 15.5 Å². The lowest BCUT2D eigenvalue weighted by Crippen LogP contribution is -2.49. The van der Waals surface area contributed by atoms with Crippen LogP contribution in [0.2, 0.25) is 0 Å². The van der Waals surface area contributed by atoms with Crippen LogP contribution in [0.4, 0.5) is 0 Å². The first-order chi connectivity index (χ1) is 13.5. The van der Waals surface area contributed by atoms with Gasteiger partial charge in [-0.15, -0.1) is 0 Å². The van der Waals surface area contributed by atoms with Crippen molar-refractivity contribution in [3.8, 4) is 5.75 Å². The second-order valence-electron chi connectivity index (χ2n) is 7.73. The summed E-state index contributed by atoms with van der Waals surface area (Å²) in [6.07, 6.45) is 5.09. The maximum atomic E-state index is 12.8. The lowest BCUT2D eigenvalue weighted by atomic mass is 9.84. The minimum Gasteiger partial charge on any atom is -0.494 e. The Bertz CT molecular complexity index is 652. The van der Waals surface area contributed by atoms with Crippen molar-refractivity contribution >= 4 is 11.9 Å². The zero-order valence-electron chi connectivity index (χ0n) is 17.9. The Morgan fingerprint density at radius 2 is 1.96 bits per heavy atom. The molecule has 156 valence electrons. The molecular formula is C22H36N4O2. The molecule has 2 N–H and O–H groups in total. The topological polar surface area (TPSA) is 66.0 Å². The molecule has 1 amide bonds. The maximum Gasteiger partial charge on any atom is 0.230 e. The average molecular weight is 389 g/mol. The predicted molar refractivity (Wildman–Crippen MR) is 115 cm³/mol. The van der Waals surface area contributed by atoms with E-state index in [0.717, 1.165) is 62.5 Å². The molecule has 1 aromatic rings. The number of amides is 1. The van der Waals surface area contributed by atoms with Crippen LogP contribution in [-0.4, -0.2) is 50.6 Å². The molecule has 1 saturated carbocycles. The largest absolute Gasteiger partial charge is 0.494 e. The first-order valence-electron chi connectivity index (χ1n) is 10.5. The van der Waals surface area contributed by atoms with Crippen LogP contribution in [0.1, 0.15) is 51.5 Å². The predicted octanol–water partition coefficient (Wildman–Crippen LogP) is 3.18. The van der Waals surface area contributed by atoms with Crippen molar-refractivity contribution in [1.29, 1.82) is 0 Å². The highest BCUT2D eigenvalue weighted by Crippen LogP contribution is 2.38. The molecule has 0 unspecified atom stereocenters. The smallest absolute Gasteiger partial charge is 0.230 e. The summed E-state index contributed by atoms with van der Waals surface area (Å²) < 4.78 is 5.71.